The van der Waals surface area contributed by atoms with E-state index in [1.807, 2.05) is 22.6 Å². The van der Waals surface area contributed by atoms with Gasteiger partial charge in [-0.3, -0.25) is 9.59 Å². The zero-order chi connectivity index (χ0) is 9.84. The van der Waals surface area contributed by atoms with Gasteiger partial charge in [-0.05, 0) is 28.7 Å². The van der Waals surface area contributed by atoms with Crippen LogP contribution in [0.3, 0.4) is 0 Å². The van der Waals surface area contributed by atoms with Crippen molar-refractivity contribution in [3.8, 4) is 5.75 Å². The van der Waals surface area contributed by atoms with Gasteiger partial charge in [0.25, 0.3) is 0 Å². The SMILES string of the molecule is CC(=O)Oc1cccc(C=O)c1I. The van der Waals surface area contributed by atoms with E-state index in [0.29, 0.717) is 14.9 Å². The smallest absolute Gasteiger partial charge is 0.308 e. The van der Waals surface area contributed by atoms with E-state index in [-0.39, 0.29) is 5.97 Å². The third kappa shape index (κ3) is 2.51. The number of hydrogen-bond acceptors (Lipinski definition) is 3. The van der Waals surface area contributed by atoms with Gasteiger partial charge in [-0.2, -0.15) is 0 Å². The van der Waals surface area contributed by atoms with Gasteiger partial charge in [0, 0.05) is 12.5 Å². The highest BCUT2D eigenvalue weighted by Gasteiger charge is 2.06. The van der Waals surface area contributed by atoms with Gasteiger partial charge in [0.15, 0.2) is 6.29 Å². The molecule has 0 saturated heterocycles. The van der Waals surface area contributed by atoms with E-state index in [2.05, 4.69) is 0 Å². The fourth-order valence-electron chi connectivity index (χ4n) is 0.852. The van der Waals surface area contributed by atoms with Crippen LogP contribution in [0.2, 0.25) is 0 Å². The molecule has 0 N–H and O–H groups in total. The van der Waals surface area contributed by atoms with Crippen LogP contribution in [0.4, 0.5) is 0 Å². The van der Waals surface area contributed by atoms with Crippen LogP contribution >= 0.6 is 22.6 Å². The van der Waals surface area contributed by atoms with Gasteiger partial charge in [-0.15, -0.1) is 0 Å². The van der Waals surface area contributed by atoms with Crippen LogP contribution in [0, 0.1) is 3.57 Å². The highest BCUT2D eigenvalue weighted by atomic mass is 127. The number of halogens is 1. The lowest BCUT2D eigenvalue weighted by Gasteiger charge is -2.04. The molecule has 0 saturated carbocycles. The lowest BCUT2D eigenvalue weighted by Crippen LogP contribution is -2.03. The molecule has 0 aliphatic rings. The molecule has 4 heteroatoms. The Morgan fingerprint density at radius 3 is 2.77 bits per heavy atom. The molecule has 3 nitrogen and oxygen atoms in total. The fourth-order valence-corrected chi connectivity index (χ4v) is 1.45. The average Bonchev–Trinajstić information content (AvgIpc) is 2.08. The van der Waals surface area contributed by atoms with Crippen molar-refractivity contribution < 1.29 is 14.3 Å². The lowest BCUT2D eigenvalue weighted by molar-refractivity contribution is -0.131. The molecule has 0 aromatic heterocycles. The Morgan fingerprint density at radius 2 is 2.23 bits per heavy atom. The molecule has 0 aliphatic heterocycles. The molecular formula is C9H7IO3. The van der Waals surface area contributed by atoms with Crippen LogP contribution in [0.25, 0.3) is 0 Å². The summed E-state index contributed by atoms with van der Waals surface area (Å²) in [4.78, 5) is 21.2. The maximum atomic E-state index is 10.7. The molecular weight excluding hydrogens is 283 g/mol. The Labute approximate surface area is 89.2 Å². The molecule has 0 fully saturated rings. The molecule has 68 valence electrons. The van der Waals surface area contributed by atoms with E-state index in [1.165, 1.54) is 6.92 Å². The Morgan fingerprint density at radius 1 is 1.54 bits per heavy atom. The van der Waals surface area contributed by atoms with Crippen molar-refractivity contribution in [2.75, 3.05) is 0 Å². The lowest BCUT2D eigenvalue weighted by atomic mass is 10.2. The number of benzene rings is 1. The van der Waals surface area contributed by atoms with Crippen molar-refractivity contribution in [1.29, 1.82) is 0 Å². The van der Waals surface area contributed by atoms with Gasteiger partial charge in [0.2, 0.25) is 0 Å². The number of ether oxygens (including phenoxy) is 1. The first-order valence-electron chi connectivity index (χ1n) is 3.57. The normalized spacial score (nSPS) is 9.38. The number of hydrogen-bond donors (Lipinski definition) is 0. The minimum atomic E-state index is -0.388. The molecule has 1 aromatic carbocycles. The van der Waals surface area contributed by atoms with E-state index in [0.717, 1.165) is 6.29 Å². The summed E-state index contributed by atoms with van der Waals surface area (Å²) < 4.78 is 5.54. The molecule has 0 amide bonds. The molecule has 13 heavy (non-hydrogen) atoms. The van der Waals surface area contributed by atoms with Gasteiger partial charge in [-0.1, -0.05) is 12.1 Å². The Bertz CT molecular complexity index is 347. The molecule has 0 bridgehead atoms. The molecule has 0 unspecified atom stereocenters. The van der Waals surface area contributed by atoms with Crippen molar-refractivity contribution in [2.24, 2.45) is 0 Å². The van der Waals surface area contributed by atoms with E-state index in [9.17, 15) is 9.59 Å². The zero-order valence-electron chi connectivity index (χ0n) is 6.91. The average molecular weight is 290 g/mol. The summed E-state index contributed by atoms with van der Waals surface area (Å²) in [5.41, 5.74) is 0.527. The number of carbonyl (C=O) groups is 2. The molecule has 0 atom stereocenters. The maximum Gasteiger partial charge on any atom is 0.308 e. The second kappa shape index (κ2) is 4.36. The Kier molecular flexibility index (Phi) is 3.41. The summed E-state index contributed by atoms with van der Waals surface area (Å²) in [7, 11) is 0. The van der Waals surface area contributed by atoms with Crippen LogP contribution in [-0.4, -0.2) is 12.3 Å². The summed E-state index contributed by atoms with van der Waals surface area (Å²) in [5.74, 6) is 0.0404. The first-order valence-corrected chi connectivity index (χ1v) is 4.65. The third-order valence-electron chi connectivity index (χ3n) is 1.37. The van der Waals surface area contributed by atoms with Crippen molar-refractivity contribution in [3.05, 3.63) is 27.3 Å². The highest BCUT2D eigenvalue weighted by Crippen LogP contribution is 2.23. The minimum Gasteiger partial charge on any atom is -0.426 e. The fraction of sp³-hybridized carbons (Fsp3) is 0.111. The Hall–Kier alpha value is -0.910. The van der Waals surface area contributed by atoms with Crippen LogP contribution < -0.4 is 4.74 Å². The van der Waals surface area contributed by atoms with Gasteiger partial charge >= 0.3 is 5.97 Å². The van der Waals surface area contributed by atoms with Gasteiger partial charge < -0.3 is 4.74 Å². The van der Waals surface area contributed by atoms with Crippen molar-refractivity contribution in [2.45, 2.75) is 6.92 Å². The van der Waals surface area contributed by atoms with Crippen molar-refractivity contribution in [3.63, 3.8) is 0 Å². The third-order valence-corrected chi connectivity index (χ3v) is 2.53. The minimum absolute atomic E-state index is 0.388. The second-order valence-corrected chi connectivity index (χ2v) is 3.45. The predicted octanol–water partition coefficient (Wildman–Crippen LogP) is 2.03. The quantitative estimate of drug-likeness (QED) is 0.362. The van der Waals surface area contributed by atoms with Crippen molar-refractivity contribution >= 4 is 34.8 Å². The molecule has 0 heterocycles. The maximum absolute atomic E-state index is 10.7. The second-order valence-electron chi connectivity index (χ2n) is 2.37. The van der Waals surface area contributed by atoms with E-state index in [4.69, 9.17) is 4.74 Å². The van der Waals surface area contributed by atoms with Gasteiger partial charge in [0.05, 0.1) is 3.57 Å². The zero-order valence-corrected chi connectivity index (χ0v) is 9.07. The predicted molar refractivity (Wildman–Crippen MR) is 55.9 cm³/mol. The molecule has 0 radical (unpaired) electrons. The number of rotatable bonds is 2. The summed E-state index contributed by atoms with van der Waals surface area (Å²) in [6.07, 6.45) is 0.731. The Balaban J connectivity index is 3.07. The molecule has 0 spiro atoms. The van der Waals surface area contributed by atoms with E-state index >= 15 is 0 Å². The highest BCUT2D eigenvalue weighted by molar-refractivity contribution is 14.1. The molecule has 0 aliphatic carbocycles. The first-order chi connectivity index (χ1) is 6.15. The van der Waals surface area contributed by atoms with Crippen LogP contribution in [0.5, 0.6) is 5.75 Å². The topological polar surface area (TPSA) is 43.4 Å². The largest absolute Gasteiger partial charge is 0.426 e. The summed E-state index contributed by atoms with van der Waals surface area (Å²) in [6, 6.07) is 4.99. The monoisotopic (exact) mass is 290 g/mol. The van der Waals surface area contributed by atoms with Crippen LogP contribution in [0.15, 0.2) is 18.2 Å². The summed E-state index contributed by atoms with van der Waals surface area (Å²) >= 11 is 1.97. The molecule has 1 rings (SSSR count). The summed E-state index contributed by atoms with van der Waals surface area (Å²) in [6.45, 7) is 1.32. The molecule has 1 aromatic rings. The standard InChI is InChI=1S/C9H7IO3/c1-6(12)13-8-4-2-3-7(5-11)9(8)10/h2-5H,1H3. The van der Waals surface area contributed by atoms with Crippen LogP contribution in [0.1, 0.15) is 17.3 Å². The first kappa shape index (κ1) is 10.2. The number of carbonyl (C=O) groups excluding carboxylic acids is 2. The van der Waals surface area contributed by atoms with Gasteiger partial charge in [-0.25, -0.2) is 0 Å². The van der Waals surface area contributed by atoms with E-state index in [1.54, 1.807) is 18.2 Å². The van der Waals surface area contributed by atoms with Crippen LogP contribution in [-0.2, 0) is 4.79 Å². The van der Waals surface area contributed by atoms with Gasteiger partial charge in [0.1, 0.15) is 5.75 Å². The number of esters is 1. The summed E-state index contributed by atoms with van der Waals surface area (Å²) in [5, 5.41) is 0. The van der Waals surface area contributed by atoms with Crippen molar-refractivity contribution in [1.82, 2.24) is 0 Å². The van der Waals surface area contributed by atoms with E-state index < -0.39 is 0 Å². The number of aldehydes is 1.